The van der Waals surface area contributed by atoms with Crippen LogP contribution in [0.4, 0.5) is 0 Å². The molecule has 4 rings (SSSR count). The van der Waals surface area contributed by atoms with Crippen molar-refractivity contribution < 1.29 is 0 Å². The number of benzene rings is 2. The second-order valence-corrected chi connectivity index (χ2v) is 6.57. The number of piperidine rings is 1. The molecule has 1 fully saturated rings. The lowest BCUT2D eigenvalue weighted by atomic mass is 9.89. The fourth-order valence-electron chi connectivity index (χ4n) is 3.57. The lowest BCUT2D eigenvalue weighted by Crippen LogP contribution is -2.32. The molecule has 0 spiro atoms. The Morgan fingerprint density at radius 3 is 2.12 bits per heavy atom. The Bertz CT molecular complexity index is 766. The summed E-state index contributed by atoms with van der Waals surface area (Å²) in [6.45, 7) is 3.25. The van der Waals surface area contributed by atoms with E-state index >= 15 is 0 Å². The van der Waals surface area contributed by atoms with Gasteiger partial charge in [0, 0.05) is 18.4 Å². The number of imidazole rings is 1. The predicted molar refractivity (Wildman–Crippen MR) is 112 cm³/mol. The van der Waals surface area contributed by atoms with Gasteiger partial charge in [-0.3, -0.25) is 4.90 Å². The maximum atomic E-state index is 4.59. The predicted octanol–water partition coefficient (Wildman–Crippen LogP) is 5.10. The first-order valence-corrected chi connectivity index (χ1v) is 8.74. The Morgan fingerprint density at radius 2 is 1.46 bits per heavy atom. The third-order valence-corrected chi connectivity index (χ3v) is 4.93. The number of aromatic nitrogens is 2. The zero-order valence-electron chi connectivity index (χ0n) is 14.7. The van der Waals surface area contributed by atoms with Crippen molar-refractivity contribution in [2.45, 2.75) is 25.3 Å². The highest BCUT2D eigenvalue weighted by Gasteiger charge is 2.20. The Labute approximate surface area is 167 Å². The second-order valence-electron chi connectivity index (χ2n) is 6.57. The quantitative estimate of drug-likeness (QED) is 0.618. The lowest BCUT2D eigenvalue weighted by Gasteiger charge is -2.31. The number of nitrogens with zero attached hydrogens (tertiary/aromatic N) is 3. The molecule has 26 heavy (non-hydrogen) atoms. The zero-order valence-corrected chi connectivity index (χ0v) is 16.3. The third-order valence-electron chi connectivity index (χ3n) is 4.93. The van der Waals surface area contributed by atoms with Crippen molar-refractivity contribution in [3.63, 3.8) is 0 Å². The van der Waals surface area contributed by atoms with Crippen LogP contribution >= 0.6 is 24.8 Å². The minimum Gasteiger partial charge on any atom is -0.306 e. The Morgan fingerprint density at radius 1 is 0.846 bits per heavy atom. The van der Waals surface area contributed by atoms with Gasteiger partial charge in [0.15, 0.2) is 0 Å². The van der Waals surface area contributed by atoms with Gasteiger partial charge in [0.25, 0.3) is 0 Å². The molecule has 2 aromatic carbocycles. The molecule has 138 valence electrons. The number of halogens is 2. The van der Waals surface area contributed by atoms with Crippen LogP contribution in [-0.2, 0) is 6.54 Å². The molecule has 0 saturated carbocycles. The molecule has 0 radical (unpaired) electrons. The second kappa shape index (κ2) is 9.77. The fourth-order valence-corrected chi connectivity index (χ4v) is 3.57. The number of para-hydroxylation sites is 1. The number of hydrogen-bond donors (Lipinski definition) is 0. The summed E-state index contributed by atoms with van der Waals surface area (Å²) in [6, 6.07) is 21.3. The van der Waals surface area contributed by atoms with E-state index in [-0.39, 0.29) is 24.8 Å². The molecule has 0 N–H and O–H groups in total. The summed E-state index contributed by atoms with van der Waals surface area (Å²) in [4.78, 5) is 7.11. The summed E-state index contributed by atoms with van der Waals surface area (Å²) in [5, 5.41) is 0. The smallest absolute Gasteiger partial charge is 0.0995 e. The van der Waals surface area contributed by atoms with E-state index in [1.54, 1.807) is 0 Å². The molecule has 1 aromatic heterocycles. The van der Waals surface area contributed by atoms with Crippen molar-refractivity contribution in [2.75, 3.05) is 13.1 Å². The topological polar surface area (TPSA) is 21.1 Å². The molecule has 1 aliphatic rings. The maximum Gasteiger partial charge on any atom is 0.0995 e. The summed E-state index contributed by atoms with van der Waals surface area (Å²) < 4.78 is 2.10. The van der Waals surface area contributed by atoms with Crippen molar-refractivity contribution >= 4 is 24.8 Å². The van der Waals surface area contributed by atoms with Gasteiger partial charge in [0.05, 0.1) is 12.0 Å². The molecule has 0 unspecified atom stereocenters. The SMILES string of the molecule is Cl.Cl.c1ccc(C2CCN(Cc3cn(-c4ccccc4)cn3)CC2)cc1. The molecule has 0 amide bonds. The van der Waals surface area contributed by atoms with Crippen molar-refractivity contribution in [3.8, 4) is 5.69 Å². The summed E-state index contributed by atoms with van der Waals surface area (Å²) in [5.41, 5.74) is 3.81. The van der Waals surface area contributed by atoms with Crippen LogP contribution in [0.3, 0.4) is 0 Å². The lowest BCUT2D eigenvalue weighted by molar-refractivity contribution is 0.203. The van der Waals surface area contributed by atoms with Crippen molar-refractivity contribution in [3.05, 3.63) is 84.4 Å². The monoisotopic (exact) mass is 389 g/mol. The van der Waals surface area contributed by atoms with Crippen LogP contribution in [0.25, 0.3) is 5.69 Å². The van der Waals surface area contributed by atoms with Crippen LogP contribution in [0.1, 0.15) is 30.0 Å². The van der Waals surface area contributed by atoms with Gasteiger partial charge >= 0.3 is 0 Å². The van der Waals surface area contributed by atoms with E-state index in [1.807, 2.05) is 12.4 Å². The zero-order chi connectivity index (χ0) is 16.2. The van der Waals surface area contributed by atoms with E-state index in [2.05, 4.69) is 75.2 Å². The molecule has 5 heteroatoms. The maximum absolute atomic E-state index is 4.59. The van der Waals surface area contributed by atoms with E-state index in [1.165, 1.54) is 24.1 Å². The van der Waals surface area contributed by atoms with Crippen molar-refractivity contribution in [1.29, 1.82) is 0 Å². The van der Waals surface area contributed by atoms with Gasteiger partial charge in [0.1, 0.15) is 0 Å². The van der Waals surface area contributed by atoms with Gasteiger partial charge in [-0.25, -0.2) is 4.98 Å². The van der Waals surface area contributed by atoms with Crippen LogP contribution in [0.2, 0.25) is 0 Å². The van der Waals surface area contributed by atoms with Crippen LogP contribution in [-0.4, -0.2) is 27.5 Å². The average Bonchev–Trinajstić information content (AvgIpc) is 3.12. The van der Waals surface area contributed by atoms with E-state index in [0.717, 1.165) is 25.3 Å². The molecule has 2 heterocycles. The van der Waals surface area contributed by atoms with E-state index in [4.69, 9.17) is 0 Å². The minimum absolute atomic E-state index is 0. The highest BCUT2D eigenvalue weighted by atomic mass is 35.5. The van der Waals surface area contributed by atoms with E-state index in [9.17, 15) is 0 Å². The number of rotatable bonds is 4. The molecule has 1 aliphatic heterocycles. The first-order valence-electron chi connectivity index (χ1n) is 8.74. The molecule has 1 saturated heterocycles. The van der Waals surface area contributed by atoms with Gasteiger partial charge in [-0.2, -0.15) is 0 Å². The molecule has 0 bridgehead atoms. The first kappa shape index (κ1) is 20.5. The standard InChI is InChI=1S/C21H23N3.2ClH/c1-3-7-18(8-4-1)19-11-13-23(14-12-19)15-20-16-24(17-22-20)21-9-5-2-6-10-21;;/h1-10,16-17,19H,11-15H2;2*1H. The fraction of sp³-hybridized carbons (Fsp3) is 0.286. The summed E-state index contributed by atoms with van der Waals surface area (Å²) >= 11 is 0. The Balaban J connectivity index is 0.00000121. The summed E-state index contributed by atoms with van der Waals surface area (Å²) in [7, 11) is 0. The van der Waals surface area contributed by atoms with Crippen LogP contribution < -0.4 is 0 Å². The molecular formula is C21H25Cl2N3. The van der Waals surface area contributed by atoms with E-state index in [0.29, 0.717) is 5.92 Å². The Hall–Kier alpha value is -1.81. The molecular weight excluding hydrogens is 365 g/mol. The molecule has 3 aromatic rings. The molecule has 3 nitrogen and oxygen atoms in total. The first-order chi connectivity index (χ1) is 11.9. The normalized spacial score (nSPS) is 15.1. The largest absolute Gasteiger partial charge is 0.306 e. The van der Waals surface area contributed by atoms with Crippen LogP contribution in [0, 0.1) is 0 Å². The molecule has 0 aliphatic carbocycles. The summed E-state index contributed by atoms with van der Waals surface area (Å²) in [6.07, 6.45) is 6.55. The average molecular weight is 390 g/mol. The van der Waals surface area contributed by atoms with Gasteiger partial charge in [-0.1, -0.05) is 48.5 Å². The van der Waals surface area contributed by atoms with Crippen molar-refractivity contribution in [2.24, 2.45) is 0 Å². The van der Waals surface area contributed by atoms with Gasteiger partial charge in [-0.15, -0.1) is 24.8 Å². The van der Waals surface area contributed by atoms with Gasteiger partial charge in [-0.05, 0) is 49.5 Å². The van der Waals surface area contributed by atoms with Gasteiger partial charge < -0.3 is 4.57 Å². The Kier molecular flexibility index (Phi) is 7.70. The number of hydrogen-bond acceptors (Lipinski definition) is 2. The third kappa shape index (κ3) is 4.88. The minimum atomic E-state index is 0. The molecule has 0 atom stereocenters. The summed E-state index contributed by atoms with van der Waals surface area (Å²) in [5.74, 6) is 0.712. The highest BCUT2D eigenvalue weighted by Crippen LogP contribution is 2.28. The number of likely N-dealkylation sites (tertiary alicyclic amines) is 1. The van der Waals surface area contributed by atoms with E-state index < -0.39 is 0 Å². The van der Waals surface area contributed by atoms with Crippen LogP contribution in [0.5, 0.6) is 0 Å². The van der Waals surface area contributed by atoms with Gasteiger partial charge in [0.2, 0.25) is 0 Å². The highest BCUT2D eigenvalue weighted by molar-refractivity contribution is 5.85. The van der Waals surface area contributed by atoms with Crippen molar-refractivity contribution in [1.82, 2.24) is 14.5 Å². The van der Waals surface area contributed by atoms with Crippen LogP contribution in [0.15, 0.2) is 73.2 Å².